The zero-order chi connectivity index (χ0) is 13.1. The number of nitrogens with zero attached hydrogens (tertiary/aromatic N) is 1. The van der Waals surface area contributed by atoms with Gasteiger partial charge in [-0.15, -0.1) is 0 Å². The van der Waals surface area contributed by atoms with E-state index in [0.29, 0.717) is 5.69 Å². The van der Waals surface area contributed by atoms with Crippen molar-refractivity contribution in [1.29, 1.82) is 0 Å². The van der Waals surface area contributed by atoms with Gasteiger partial charge in [-0.05, 0) is 24.3 Å². The number of hydrogen-bond donors (Lipinski definition) is 1. The number of carbonyl (C=O) groups excluding carboxylic acids is 1. The third kappa shape index (κ3) is 2.70. The van der Waals surface area contributed by atoms with Crippen molar-refractivity contribution < 1.29 is 13.6 Å². The van der Waals surface area contributed by atoms with Gasteiger partial charge in [-0.1, -0.05) is 15.9 Å². The van der Waals surface area contributed by atoms with E-state index in [0.717, 1.165) is 12.1 Å². The molecule has 0 aliphatic rings. The second kappa shape index (κ2) is 5.22. The van der Waals surface area contributed by atoms with Crippen molar-refractivity contribution in [3.8, 4) is 0 Å². The maximum Gasteiger partial charge on any atom is 0.261 e. The molecule has 0 saturated carbocycles. The molecule has 92 valence electrons. The monoisotopic (exact) mass is 312 g/mol. The maximum atomic E-state index is 13.5. The average molecular weight is 313 g/mol. The van der Waals surface area contributed by atoms with Crippen LogP contribution >= 0.6 is 15.9 Å². The highest BCUT2D eigenvalue weighted by atomic mass is 79.9. The first-order valence-electron chi connectivity index (χ1n) is 4.94. The van der Waals surface area contributed by atoms with Crippen molar-refractivity contribution in [1.82, 2.24) is 4.98 Å². The van der Waals surface area contributed by atoms with E-state index in [-0.39, 0.29) is 4.47 Å². The second-order valence-corrected chi connectivity index (χ2v) is 4.36. The van der Waals surface area contributed by atoms with E-state index in [1.165, 1.54) is 12.4 Å². The molecule has 1 amide bonds. The Labute approximate surface area is 110 Å². The zero-order valence-corrected chi connectivity index (χ0v) is 10.5. The highest BCUT2D eigenvalue weighted by Gasteiger charge is 2.18. The molecule has 0 atom stereocenters. The molecule has 3 nitrogen and oxygen atoms in total. The molecule has 0 saturated heterocycles. The van der Waals surface area contributed by atoms with Crippen molar-refractivity contribution >= 4 is 27.5 Å². The summed E-state index contributed by atoms with van der Waals surface area (Å²) in [6.07, 6.45) is 2.91. The van der Waals surface area contributed by atoms with Crippen LogP contribution in [0.4, 0.5) is 14.5 Å². The van der Waals surface area contributed by atoms with Crippen molar-refractivity contribution in [2.24, 2.45) is 0 Å². The molecule has 0 bridgehead atoms. The van der Waals surface area contributed by atoms with Crippen LogP contribution in [0.5, 0.6) is 0 Å². The third-order valence-corrected chi connectivity index (χ3v) is 2.61. The highest BCUT2D eigenvalue weighted by Crippen LogP contribution is 2.20. The molecule has 0 unspecified atom stereocenters. The Morgan fingerprint density at radius 1 is 1.28 bits per heavy atom. The largest absolute Gasteiger partial charge is 0.320 e. The molecule has 1 aromatic heterocycles. The standard InChI is InChI=1S/C12H7BrF2N2O/c13-7-4-9(14)11(10(15)5-7)12(18)17-8-2-1-3-16-6-8/h1-6H,(H,17,18). The van der Waals surface area contributed by atoms with Crippen molar-refractivity contribution in [3.63, 3.8) is 0 Å². The number of aromatic nitrogens is 1. The number of pyridine rings is 1. The van der Waals surface area contributed by atoms with Gasteiger partial charge in [0.05, 0.1) is 11.9 Å². The number of anilines is 1. The molecule has 18 heavy (non-hydrogen) atoms. The number of carbonyl (C=O) groups is 1. The number of rotatable bonds is 2. The van der Waals surface area contributed by atoms with E-state index in [1.54, 1.807) is 12.1 Å². The lowest BCUT2D eigenvalue weighted by Crippen LogP contribution is -2.16. The lowest BCUT2D eigenvalue weighted by Gasteiger charge is -2.07. The topological polar surface area (TPSA) is 42.0 Å². The van der Waals surface area contributed by atoms with Crippen LogP contribution in [-0.2, 0) is 0 Å². The number of nitrogens with one attached hydrogen (secondary N) is 1. The fourth-order valence-corrected chi connectivity index (χ4v) is 1.79. The average Bonchev–Trinajstić information content (AvgIpc) is 2.28. The van der Waals surface area contributed by atoms with Crippen molar-refractivity contribution in [2.75, 3.05) is 5.32 Å². The molecule has 0 aliphatic heterocycles. The smallest absolute Gasteiger partial charge is 0.261 e. The first kappa shape index (κ1) is 12.6. The predicted octanol–water partition coefficient (Wildman–Crippen LogP) is 3.37. The molecule has 2 aromatic rings. The molecule has 1 N–H and O–H groups in total. The van der Waals surface area contributed by atoms with Crippen LogP contribution in [-0.4, -0.2) is 10.9 Å². The lowest BCUT2D eigenvalue weighted by molar-refractivity contribution is 0.101. The Kier molecular flexibility index (Phi) is 3.66. The summed E-state index contributed by atoms with van der Waals surface area (Å²) >= 11 is 2.94. The van der Waals surface area contributed by atoms with Crippen LogP contribution in [0.2, 0.25) is 0 Å². The van der Waals surface area contributed by atoms with Gasteiger partial charge in [0, 0.05) is 10.7 Å². The molecule has 0 fully saturated rings. The molecular weight excluding hydrogens is 306 g/mol. The Bertz CT molecular complexity index is 567. The number of amides is 1. The van der Waals surface area contributed by atoms with Crippen LogP contribution in [0, 0.1) is 11.6 Å². The van der Waals surface area contributed by atoms with Crippen LogP contribution in [0.15, 0.2) is 41.1 Å². The summed E-state index contributed by atoms with van der Waals surface area (Å²) in [7, 11) is 0. The van der Waals surface area contributed by atoms with Crippen LogP contribution < -0.4 is 5.32 Å². The molecular formula is C12H7BrF2N2O. The molecule has 2 rings (SSSR count). The maximum absolute atomic E-state index is 13.5. The fraction of sp³-hybridized carbons (Fsp3) is 0. The van der Waals surface area contributed by atoms with E-state index >= 15 is 0 Å². The minimum Gasteiger partial charge on any atom is -0.320 e. The van der Waals surface area contributed by atoms with Gasteiger partial charge in [-0.3, -0.25) is 9.78 Å². The van der Waals surface area contributed by atoms with Crippen LogP contribution in [0.25, 0.3) is 0 Å². The predicted molar refractivity (Wildman–Crippen MR) is 66.2 cm³/mol. The molecule has 0 spiro atoms. The fourth-order valence-electron chi connectivity index (χ4n) is 1.39. The van der Waals surface area contributed by atoms with Gasteiger partial charge < -0.3 is 5.32 Å². The molecule has 6 heteroatoms. The quantitative estimate of drug-likeness (QED) is 0.923. The number of hydrogen-bond acceptors (Lipinski definition) is 2. The zero-order valence-electron chi connectivity index (χ0n) is 8.95. The van der Waals surface area contributed by atoms with E-state index in [2.05, 4.69) is 26.2 Å². The van der Waals surface area contributed by atoms with Gasteiger partial charge in [0.1, 0.15) is 17.2 Å². The van der Waals surface area contributed by atoms with Crippen LogP contribution in [0.3, 0.4) is 0 Å². The summed E-state index contributed by atoms with van der Waals surface area (Å²) in [6.45, 7) is 0. The minimum absolute atomic E-state index is 0.232. The second-order valence-electron chi connectivity index (χ2n) is 3.44. The van der Waals surface area contributed by atoms with Gasteiger partial charge in [-0.25, -0.2) is 8.78 Å². The Balaban J connectivity index is 2.30. The van der Waals surface area contributed by atoms with Gasteiger partial charge in [0.15, 0.2) is 0 Å². The first-order valence-corrected chi connectivity index (χ1v) is 5.73. The van der Waals surface area contributed by atoms with Gasteiger partial charge in [0.25, 0.3) is 5.91 Å². The van der Waals surface area contributed by atoms with Gasteiger partial charge >= 0.3 is 0 Å². The lowest BCUT2D eigenvalue weighted by atomic mass is 10.2. The summed E-state index contributed by atoms with van der Waals surface area (Å²) in [5, 5.41) is 2.36. The Hall–Kier alpha value is -1.82. The Morgan fingerprint density at radius 2 is 1.94 bits per heavy atom. The SMILES string of the molecule is O=C(Nc1cccnc1)c1c(F)cc(Br)cc1F. The van der Waals surface area contributed by atoms with Crippen molar-refractivity contribution in [2.45, 2.75) is 0 Å². The summed E-state index contributed by atoms with van der Waals surface area (Å²) in [5.41, 5.74) is -0.258. The van der Waals surface area contributed by atoms with E-state index < -0.39 is 23.1 Å². The number of halogens is 3. The summed E-state index contributed by atoms with van der Waals surface area (Å²) in [5.74, 6) is -2.71. The number of benzene rings is 1. The first-order chi connectivity index (χ1) is 8.58. The molecule has 0 aliphatic carbocycles. The van der Waals surface area contributed by atoms with Crippen LogP contribution in [0.1, 0.15) is 10.4 Å². The third-order valence-electron chi connectivity index (χ3n) is 2.15. The molecule has 1 heterocycles. The molecule has 1 aromatic carbocycles. The van der Waals surface area contributed by atoms with Gasteiger partial charge in [0.2, 0.25) is 0 Å². The van der Waals surface area contributed by atoms with E-state index in [1.807, 2.05) is 0 Å². The van der Waals surface area contributed by atoms with E-state index in [9.17, 15) is 13.6 Å². The van der Waals surface area contributed by atoms with Gasteiger partial charge in [-0.2, -0.15) is 0 Å². The van der Waals surface area contributed by atoms with E-state index in [4.69, 9.17) is 0 Å². The molecule has 0 radical (unpaired) electrons. The summed E-state index contributed by atoms with van der Waals surface area (Å²) in [4.78, 5) is 15.5. The summed E-state index contributed by atoms with van der Waals surface area (Å²) < 4.78 is 27.3. The normalized spacial score (nSPS) is 10.2. The Morgan fingerprint density at radius 3 is 2.50 bits per heavy atom. The summed E-state index contributed by atoms with van der Waals surface area (Å²) in [6, 6.07) is 5.23. The van der Waals surface area contributed by atoms with Crippen molar-refractivity contribution in [3.05, 3.63) is 58.3 Å². The highest BCUT2D eigenvalue weighted by molar-refractivity contribution is 9.10. The minimum atomic E-state index is -0.928.